The molecule has 0 unspecified atom stereocenters. The van der Waals surface area contributed by atoms with E-state index in [0.717, 1.165) is 4.47 Å². The van der Waals surface area contributed by atoms with Gasteiger partial charge in [-0.3, -0.25) is 9.69 Å². The first-order valence-corrected chi connectivity index (χ1v) is 8.95. The van der Waals surface area contributed by atoms with Crippen molar-refractivity contribution in [2.45, 2.75) is 6.54 Å². The summed E-state index contributed by atoms with van der Waals surface area (Å²) in [5.74, 6) is -0.109. The number of anilines is 1. The number of esters is 1. The van der Waals surface area contributed by atoms with Crippen LogP contribution in [0, 0.1) is 0 Å². The number of hydrogen-bond donors (Lipinski definition) is 0. The van der Waals surface area contributed by atoms with Crippen LogP contribution in [0.15, 0.2) is 65.8 Å². The number of pyridine rings is 1. The Morgan fingerprint density at radius 1 is 1.15 bits per heavy atom. The Hall–Kier alpha value is -3.00. The fraction of sp³-hybridized carbons (Fsp3) is 0.158. The molecular formula is C19H17BrN4O3. The van der Waals surface area contributed by atoms with Crippen molar-refractivity contribution in [2.24, 2.45) is 0 Å². The van der Waals surface area contributed by atoms with Crippen LogP contribution in [0.25, 0.3) is 0 Å². The molecule has 0 N–H and O–H groups in total. The SMILES string of the molecule is COC(=O)c1ccc(C(=O)N(CCn2ccnc2)c2ccc(Br)cn2)cc1. The van der Waals surface area contributed by atoms with Gasteiger partial charge in [-0.25, -0.2) is 14.8 Å². The van der Waals surface area contributed by atoms with Gasteiger partial charge in [0.25, 0.3) is 5.91 Å². The van der Waals surface area contributed by atoms with Crippen LogP contribution < -0.4 is 4.90 Å². The zero-order valence-corrected chi connectivity index (χ0v) is 16.2. The Bertz CT molecular complexity index is 909. The summed E-state index contributed by atoms with van der Waals surface area (Å²) >= 11 is 3.35. The number of amides is 1. The van der Waals surface area contributed by atoms with Gasteiger partial charge in [-0.1, -0.05) is 0 Å². The topological polar surface area (TPSA) is 77.3 Å². The molecule has 1 amide bonds. The van der Waals surface area contributed by atoms with E-state index >= 15 is 0 Å². The van der Waals surface area contributed by atoms with Gasteiger partial charge in [-0.05, 0) is 52.3 Å². The van der Waals surface area contributed by atoms with Crippen molar-refractivity contribution >= 4 is 33.6 Å². The highest BCUT2D eigenvalue weighted by atomic mass is 79.9. The molecule has 0 saturated heterocycles. The van der Waals surface area contributed by atoms with Gasteiger partial charge >= 0.3 is 5.97 Å². The van der Waals surface area contributed by atoms with Crippen molar-refractivity contribution in [3.63, 3.8) is 0 Å². The predicted octanol–water partition coefficient (Wildman–Crippen LogP) is 3.17. The molecule has 27 heavy (non-hydrogen) atoms. The third-order valence-corrected chi connectivity index (χ3v) is 4.40. The number of carbonyl (C=O) groups is 2. The second kappa shape index (κ2) is 8.59. The van der Waals surface area contributed by atoms with Crippen molar-refractivity contribution < 1.29 is 14.3 Å². The second-order valence-corrected chi connectivity index (χ2v) is 6.58. The highest BCUT2D eigenvalue weighted by molar-refractivity contribution is 9.10. The number of methoxy groups -OCH3 is 1. The first-order valence-electron chi connectivity index (χ1n) is 8.16. The summed E-state index contributed by atoms with van der Waals surface area (Å²) in [5, 5.41) is 0. The largest absolute Gasteiger partial charge is 0.465 e. The number of aromatic nitrogens is 3. The Morgan fingerprint density at radius 2 is 1.89 bits per heavy atom. The van der Waals surface area contributed by atoms with Crippen LogP contribution in [0.5, 0.6) is 0 Å². The van der Waals surface area contributed by atoms with Gasteiger partial charge in [0, 0.05) is 41.7 Å². The minimum atomic E-state index is -0.444. The maximum absolute atomic E-state index is 13.1. The Kier molecular flexibility index (Phi) is 5.97. The Balaban J connectivity index is 1.85. The molecule has 1 aromatic carbocycles. The van der Waals surface area contributed by atoms with Gasteiger partial charge in [0.1, 0.15) is 5.82 Å². The lowest BCUT2D eigenvalue weighted by molar-refractivity contribution is 0.0600. The molecule has 0 spiro atoms. The van der Waals surface area contributed by atoms with Gasteiger partial charge in [0.05, 0.1) is 19.0 Å². The standard InChI is InChI=1S/C19H17BrN4O3/c1-27-19(26)15-4-2-14(3-5-15)18(25)24(11-10-23-9-8-21-13-23)17-7-6-16(20)12-22-17/h2-9,12-13H,10-11H2,1H3. The van der Waals surface area contributed by atoms with Crippen LogP contribution in [0.2, 0.25) is 0 Å². The third-order valence-electron chi connectivity index (χ3n) is 3.93. The highest BCUT2D eigenvalue weighted by Gasteiger charge is 2.19. The summed E-state index contributed by atoms with van der Waals surface area (Å²) in [5.41, 5.74) is 0.846. The summed E-state index contributed by atoms with van der Waals surface area (Å²) in [7, 11) is 1.32. The summed E-state index contributed by atoms with van der Waals surface area (Å²) in [6.45, 7) is 0.992. The zero-order chi connectivity index (χ0) is 19.2. The van der Waals surface area contributed by atoms with Gasteiger partial charge in [0.2, 0.25) is 0 Å². The van der Waals surface area contributed by atoms with E-state index in [1.54, 1.807) is 54.0 Å². The molecule has 138 valence electrons. The molecule has 0 atom stereocenters. The van der Waals surface area contributed by atoms with Crippen molar-refractivity contribution in [1.82, 2.24) is 14.5 Å². The number of imidazole rings is 1. The maximum atomic E-state index is 13.1. The number of halogens is 1. The lowest BCUT2D eigenvalue weighted by atomic mass is 10.1. The summed E-state index contributed by atoms with van der Waals surface area (Å²) in [6.07, 6.45) is 6.87. The molecule has 0 saturated carbocycles. The van der Waals surface area contributed by atoms with Crippen LogP contribution in [0.4, 0.5) is 5.82 Å². The summed E-state index contributed by atoms with van der Waals surface area (Å²) < 4.78 is 7.40. The van der Waals surface area contributed by atoms with Crippen LogP contribution in [-0.4, -0.2) is 40.1 Å². The van der Waals surface area contributed by atoms with E-state index in [9.17, 15) is 9.59 Å². The smallest absolute Gasteiger partial charge is 0.337 e. The molecular weight excluding hydrogens is 412 g/mol. The number of rotatable bonds is 6. The fourth-order valence-corrected chi connectivity index (χ4v) is 2.74. The van der Waals surface area contributed by atoms with Crippen molar-refractivity contribution in [1.29, 1.82) is 0 Å². The molecule has 0 aliphatic rings. The van der Waals surface area contributed by atoms with Crippen LogP contribution in [0.3, 0.4) is 0 Å². The third kappa shape index (κ3) is 4.59. The predicted molar refractivity (Wildman–Crippen MR) is 104 cm³/mol. The number of ether oxygens (including phenoxy) is 1. The highest BCUT2D eigenvalue weighted by Crippen LogP contribution is 2.18. The number of nitrogens with zero attached hydrogens (tertiary/aromatic N) is 4. The molecule has 0 aliphatic carbocycles. The number of hydrogen-bond acceptors (Lipinski definition) is 5. The normalized spacial score (nSPS) is 10.4. The van der Waals surface area contributed by atoms with Crippen LogP contribution >= 0.6 is 15.9 Å². The Labute approximate surface area is 164 Å². The first-order chi connectivity index (χ1) is 13.1. The lowest BCUT2D eigenvalue weighted by Gasteiger charge is -2.22. The van der Waals surface area contributed by atoms with Gasteiger partial charge in [-0.2, -0.15) is 0 Å². The van der Waals surface area contributed by atoms with E-state index in [4.69, 9.17) is 0 Å². The molecule has 2 heterocycles. The number of carbonyl (C=O) groups excluding carboxylic acids is 2. The van der Waals surface area contributed by atoms with Crippen molar-refractivity contribution in [2.75, 3.05) is 18.6 Å². The molecule has 0 radical (unpaired) electrons. The molecule has 3 aromatic rings. The maximum Gasteiger partial charge on any atom is 0.337 e. The van der Waals surface area contributed by atoms with Crippen LogP contribution in [0.1, 0.15) is 20.7 Å². The van der Waals surface area contributed by atoms with E-state index in [1.165, 1.54) is 7.11 Å². The minimum Gasteiger partial charge on any atom is -0.465 e. The quantitative estimate of drug-likeness (QED) is 0.563. The molecule has 2 aromatic heterocycles. The van der Waals surface area contributed by atoms with E-state index in [0.29, 0.717) is 30.0 Å². The first kappa shape index (κ1) is 18.8. The minimum absolute atomic E-state index is 0.207. The average molecular weight is 429 g/mol. The Morgan fingerprint density at radius 3 is 2.48 bits per heavy atom. The van der Waals surface area contributed by atoms with Gasteiger partial charge < -0.3 is 9.30 Å². The fourth-order valence-electron chi connectivity index (χ4n) is 2.50. The lowest BCUT2D eigenvalue weighted by Crippen LogP contribution is -2.34. The van der Waals surface area contributed by atoms with E-state index in [-0.39, 0.29) is 5.91 Å². The molecule has 8 heteroatoms. The number of benzene rings is 1. The average Bonchev–Trinajstić information content (AvgIpc) is 3.22. The van der Waals surface area contributed by atoms with E-state index in [1.807, 2.05) is 16.8 Å². The molecule has 7 nitrogen and oxygen atoms in total. The van der Waals surface area contributed by atoms with Crippen molar-refractivity contribution in [3.8, 4) is 0 Å². The van der Waals surface area contributed by atoms with Crippen molar-refractivity contribution in [3.05, 3.63) is 76.9 Å². The van der Waals surface area contributed by atoms with E-state index in [2.05, 4.69) is 30.6 Å². The molecule has 0 bridgehead atoms. The molecule has 3 rings (SSSR count). The zero-order valence-electron chi connectivity index (χ0n) is 14.6. The van der Waals surface area contributed by atoms with Gasteiger partial charge in [-0.15, -0.1) is 0 Å². The molecule has 0 aliphatic heterocycles. The monoisotopic (exact) mass is 428 g/mol. The van der Waals surface area contributed by atoms with Crippen LogP contribution in [-0.2, 0) is 11.3 Å². The van der Waals surface area contributed by atoms with E-state index < -0.39 is 5.97 Å². The second-order valence-electron chi connectivity index (χ2n) is 5.66. The summed E-state index contributed by atoms with van der Waals surface area (Å²) in [6, 6.07) is 9.97. The summed E-state index contributed by atoms with van der Waals surface area (Å²) in [4.78, 5) is 34.6. The van der Waals surface area contributed by atoms with Gasteiger partial charge in [0.15, 0.2) is 0 Å². The molecule has 0 fully saturated rings.